The van der Waals surface area contributed by atoms with Crippen molar-refractivity contribution in [3.8, 4) is 0 Å². The molecule has 2 aliphatic rings. The van der Waals surface area contributed by atoms with Gasteiger partial charge in [-0.05, 0) is 38.0 Å². The van der Waals surface area contributed by atoms with Crippen molar-refractivity contribution in [2.75, 3.05) is 32.4 Å². The Labute approximate surface area is 160 Å². The second kappa shape index (κ2) is 8.07. The Morgan fingerprint density at radius 1 is 1.35 bits per heavy atom. The molecule has 144 valence electrons. The predicted molar refractivity (Wildman–Crippen MR) is 104 cm³/mol. The highest BCUT2D eigenvalue weighted by molar-refractivity contribution is 7.98. The number of hydrogen-bond donors (Lipinski definition) is 0. The van der Waals surface area contributed by atoms with E-state index >= 15 is 0 Å². The molecule has 0 aliphatic carbocycles. The molecule has 2 amide bonds. The van der Waals surface area contributed by atoms with Gasteiger partial charge in [0, 0.05) is 49.8 Å². The van der Waals surface area contributed by atoms with Crippen molar-refractivity contribution in [2.24, 2.45) is 5.41 Å². The first-order chi connectivity index (χ1) is 12.4. The monoisotopic (exact) mass is 378 g/mol. The lowest BCUT2D eigenvalue weighted by atomic mass is 9.77. The van der Waals surface area contributed by atoms with Gasteiger partial charge in [0.1, 0.15) is 5.76 Å². The third-order valence-corrected chi connectivity index (χ3v) is 6.86. The van der Waals surface area contributed by atoms with Crippen molar-refractivity contribution in [1.82, 2.24) is 9.80 Å². The molecule has 5 nitrogen and oxygen atoms in total. The summed E-state index contributed by atoms with van der Waals surface area (Å²) in [5.41, 5.74) is 1.20. The molecule has 3 rings (SSSR count). The highest BCUT2D eigenvalue weighted by Crippen LogP contribution is 2.40. The number of rotatable bonds is 6. The number of hydrogen-bond acceptors (Lipinski definition) is 4. The van der Waals surface area contributed by atoms with Gasteiger partial charge in [-0.1, -0.05) is 13.3 Å². The molecule has 6 heteroatoms. The van der Waals surface area contributed by atoms with E-state index in [2.05, 4.69) is 6.92 Å². The zero-order chi connectivity index (χ0) is 18.7. The molecular weight excluding hydrogens is 348 g/mol. The van der Waals surface area contributed by atoms with Crippen LogP contribution in [0.15, 0.2) is 10.5 Å². The maximum Gasteiger partial charge on any atom is 0.289 e. The topological polar surface area (TPSA) is 53.8 Å². The number of nitrogens with zero attached hydrogens (tertiary/aromatic N) is 2. The summed E-state index contributed by atoms with van der Waals surface area (Å²) in [5, 5.41) is 0. The predicted octanol–water partition coefficient (Wildman–Crippen LogP) is 3.71. The van der Waals surface area contributed by atoms with Crippen molar-refractivity contribution >= 4 is 23.6 Å². The summed E-state index contributed by atoms with van der Waals surface area (Å²) in [6, 6.07) is 1.92. The number of piperidine rings is 1. The molecule has 2 aliphatic heterocycles. The Hall–Kier alpha value is -1.43. The van der Waals surface area contributed by atoms with E-state index < -0.39 is 0 Å². The standard InChI is InChI=1S/C20H30N2O3S/c1-4-5-10-26-13-16-11-17(25-15(16)2)19(24)22-8-6-20(7-9-22)12-18(23)21(3)14-20/h11H,4-10,12-14H2,1-3H3. The molecule has 0 unspecified atom stereocenters. The molecule has 0 radical (unpaired) electrons. The number of aryl methyl sites for hydroxylation is 1. The van der Waals surface area contributed by atoms with Crippen LogP contribution >= 0.6 is 11.8 Å². The molecule has 26 heavy (non-hydrogen) atoms. The summed E-state index contributed by atoms with van der Waals surface area (Å²) < 4.78 is 5.77. The minimum atomic E-state index is -0.00886. The summed E-state index contributed by atoms with van der Waals surface area (Å²) in [4.78, 5) is 28.4. The van der Waals surface area contributed by atoms with Gasteiger partial charge in [-0.3, -0.25) is 9.59 Å². The summed E-state index contributed by atoms with van der Waals surface area (Å²) in [6.07, 6.45) is 4.85. The lowest BCUT2D eigenvalue weighted by Crippen LogP contribution is -2.44. The van der Waals surface area contributed by atoms with Crippen LogP contribution in [0.3, 0.4) is 0 Å². The number of carbonyl (C=O) groups excluding carboxylic acids is 2. The first-order valence-electron chi connectivity index (χ1n) is 9.64. The number of unbranched alkanes of at least 4 members (excludes halogenated alkanes) is 1. The largest absolute Gasteiger partial charge is 0.456 e. The quantitative estimate of drug-likeness (QED) is 0.708. The van der Waals surface area contributed by atoms with Gasteiger partial charge in [-0.25, -0.2) is 0 Å². The van der Waals surface area contributed by atoms with Crippen molar-refractivity contribution in [1.29, 1.82) is 0 Å². The molecule has 0 bridgehead atoms. The van der Waals surface area contributed by atoms with Gasteiger partial charge >= 0.3 is 0 Å². The average molecular weight is 379 g/mol. The third kappa shape index (κ3) is 4.11. The van der Waals surface area contributed by atoms with Gasteiger partial charge in [0.2, 0.25) is 5.91 Å². The lowest BCUT2D eigenvalue weighted by molar-refractivity contribution is -0.126. The van der Waals surface area contributed by atoms with E-state index in [-0.39, 0.29) is 17.2 Å². The Bertz CT molecular complexity index is 662. The minimum absolute atomic E-state index is 0.00886. The van der Waals surface area contributed by atoms with Crippen LogP contribution in [0.25, 0.3) is 0 Å². The molecule has 0 saturated carbocycles. The molecule has 2 fully saturated rings. The fourth-order valence-corrected chi connectivity index (χ4v) is 5.12. The van der Waals surface area contributed by atoms with Gasteiger partial charge in [0.05, 0.1) is 0 Å². The summed E-state index contributed by atoms with van der Waals surface area (Å²) in [7, 11) is 1.88. The number of amides is 2. The van der Waals surface area contributed by atoms with E-state index in [0.29, 0.717) is 25.3 Å². The number of likely N-dealkylation sites (tertiary alicyclic amines) is 2. The summed E-state index contributed by atoms with van der Waals surface area (Å²) >= 11 is 1.90. The number of carbonyl (C=O) groups is 2. The van der Waals surface area contributed by atoms with Crippen molar-refractivity contribution in [3.05, 3.63) is 23.2 Å². The molecule has 0 aromatic carbocycles. The van der Waals surface area contributed by atoms with Gasteiger partial charge < -0.3 is 14.2 Å². The van der Waals surface area contributed by atoms with E-state index in [1.54, 1.807) is 0 Å². The zero-order valence-corrected chi connectivity index (χ0v) is 17.0. The Kier molecular flexibility index (Phi) is 6.00. The van der Waals surface area contributed by atoms with Crippen LogP contribution < -0.4 is 0 Å². The van der Waals surface area contributed by atoms with E-state index in [9.17, 15) is 9.59 Å². The van der Waals surface area contributed by atoms with Gasteiger partial charge in [0.25, 0.3) is 5.91 Å². The summed E-state index contributed by atoms with van der Waals surface area (Å²) in [5.74, 6) is 3.59. The second-order valence-corrected chi connectivity index (χ2v) is 8.92. The van der Waals surface area contributed by atoms with Crippen molar-refractivity contribution < 1.29 is 14.0 Å². The first-order valence-corrected chi connectivity index (χ1v) is 10.8. The van der Waals surface area contributed by atoms with Gasteiger partial charge in [-0.15, -0.1) is 0 Å². The molecule has 0 atom stereocenters. The second-order valence-electron chi connectivity index (χ2n) is 7.82. The zero-order valence-electron chi connectivity index (χ0n) is 16.2. The Morgan fingerprint density at radius 3 is 2.69 bits per heavy atom. The van der Waals surface area contributed by atoms with E-state index in [1.165, 1.54) is 12.8 Å². The third-order valence-electron chi connectivity index (χ3n) is 5.77. The SMILES string of the molecule is CCCCSCc1cc(C(=O)N2CCC3(CC2)CC(=O)N(C)C3)oc1C. The molecule has 2 saturated heterocycles. The van der Waals surface area contributed by atoms with Gasteiger partial charge in [0.15, 0.2) is 5.76 Å². The molecule has 1 aromatic heterocycles. The average Bonchev–Trinajstić information content (AvgIpc) is 3.12. The molecule has 1 aromatic rings. The van der Waals surface area contributed by atoms with E-state index in [4.69, 9.17) is 4.42 Å². The van der Waals surface area contributed by atoms with Crippen molar-refractivity contribution in [2.45, 2.75) is 51.7 Å². The fraction of sp³-hybridized carbons (Fsp3) is 0.700. The van der Waals surface area contributed by atoms with Gasteiger partial charge in [-0.2, -0.15) is 11.8 Å². The normalized spacial score (nSPS) is 19.6. The Morgan fingerprint density at radius 2 is 2.08 bits per heavy atom. The minimum Gasteiger partial charge on any atom is -0.456 e. The molecule has 3 heterocycles. The molecule has 0 N–H and O–H groups in total. The molecule has 1 spiro atoms. The number of thioether (sulfide) groups is 1. The van der Waals surface area contributed by atoms with Crippen LogP contribution in [0.1, 0.15) is 60.9 Å². The van der Waals surface area contributed by atoms with E-state index in [1.807, 2.05) is 41.6 Å². The smallest absolute Gasteiger partial charge is 0.289 e. The van der Waals surface area contributed by atoms with Crippen LogP contribution in [0.5, 0.6) is 0 Å². The summed E-state index contributed by atoms with van der Waals surface area (Å²) in [6.45, 7) is 6.38. The first kappa shape index (κ1) is 19.3. The van der Waals surface area contributed by atoms with Crippen LogP contribution in [0, 0.1) is 12.3 Å². The van der Waals surface area contributed by atoms with Crippen LogP contribution in [-0.2, 0) is 10.5 Å². The lowest BCUT2D eigenvalue weighted by Gasteiger charge is -2.38. The van der Waals surface area contributed by atoms with Crippen molar-refractivity contribution in [3.63, 3.8) is 0 Å². The molecular formula is C20H30N2O3S. The van der Waals surface area contributed by atoms with Crippen LogP contribution in [0.4, 0.5) is 0 Å². The number of furan rings is 1. The maximum absolute atomic E-state index is 12.8. The van der Waals surface area contributed by atoms with E-state index in [0.717, 1.165) is 42.2 Å². The highest BCUT2D eigenvalue weighted by atomic mass is 32.2. The fourth-order valence-electron chi connectivity index (χ4n) is 3.97. The maximum atomic E-state index is 12.8. The van der Waals surface area contributed by atoms with Crippen LogP contribution in [-0.4, -0.2) is 54.0 Å². The Balaban J connectivity index is 1.56. The van der Waals surface area contributed by atoms with Crippen LogP contribution in [0.2, 0.25) is 0 Å². The highest BCUT2D eigenvalue weighted by Gasteiger charge is 2.44.